The Bertz CT molecular complexity index is 409. The van der Waals surface area contributed by atoms with Crippen LogP contribution in [0.3, 0.4) is 0 Å². The van der Waals surface area contributed by atoms with Crippen LogP contribution in [0.2, 0.25) is 10.6 Å². The van der Waals surface area contributed by atoms with Crippen LogP contribution in [0.1, 0.15) is 44.9 Å². The van der Waals surface area contributed by atoms with Crippen LogP contribution < -0.4 is 4.84 Å². The van der Waals surface area contributed by atoms with Crippen LogP contribution in [-0.2, 0) is 0 Å². The zero-order valence-corrected chi connectivity index (χ0v) is 11.4. The Balaban J connectivity index is 1.99. The molecule has 0 N–H and O–H groups in total. The lowest BCUT2D eigenvalue weighted by atomic mass is 9.99. The van der Waals surface area contributed by atoms with Crippen LogP contribution in [0.15, 0.2) is 5.16 Å². The van der Waals surface area contributed by atoms with Gasteiger partial charge in [-0.15, -0.1) is 0 Å². The summed E-state index contributed by atoms with van der Waals surface area (Å²) < 4.78 is 0. The van der Waals surface area contributed by atoms with Gasteiger partial charge in [0.15, 0.2) is 0 Å². The number of aromatic nitrogens is 3. The maximum atomic E-state index is 5.64. The topological polar surface area (TPSA) is 60.3 Å². The first-order valence-electron chi connectivity index (χ1n) is 6.04. The average molecular weight is 289 g/mol. The van der Waals surface area contributed by atoms with Gasteiger partial charge in [0.2, 0.25) is 10.6 Å². The quantitative estimate of drug-likeness (QED) is 0.779. The molecule has 0 amide bonds. The van der Waals surface area contributed by atoms with Gasteiger partial charge < -0.3 is 4.84 Å². The molecular formula is C11H14Cl2N4O. The Labute approximate surface area is 116 Å². The molecule has 0 saturated heterocycles. The molecule has 1 saturated carbocycles. The van der Waals surface area contributed by atoms with Gasteiger partial charge >= 0.3 is 6.01 Å². The van der Waals surface area contributed by atoms with Crippen LogP contribution in [0.25, 0.3) is 0 Å². The molecule has 5 nitrogen and oxygen atoms in total. The average Bonchev–Trinajstić information content (AvgIpc) is 2.26. The molecule has 0 radical (unpaired) electrons. The Morgan fingerprint density at radius 2 is 1.39 bits per heavy atom. The van der Waals surface area contributed by atoms with E-state index in [1.54, 1.807) is 0 Å². The summed E-state index contributed by atoms with van der Waals surface area (Å²) in [7, 11) is 0. The number of hydrogen-bond acceptors (Lipinski definition) is 5. The van der Waals surface area contributed by atoms with Crippen molar-refractivity contribution in [1.29, 1.82) is 0 Å². The van der Waals surface area contributed by atoms with E-state index >= 15 is 0 Å². The standard InChI is InChI=1S/C11H14Cl2N4O/c12-9-14-10(13)16-11(15-9)18-17-8-6-4-2-1-3-5-7-8/h1-7H2. The first-order chi connectivity index (χ1) is 8.74. The highest BCUT2D eigenvalue weighted by atomic mass is 35.5. The highest BCUT2D eigenvalue weighted by Gasteiger charge is 2.08. The van der Waals surface area contributed by atoms with Crippen molar-refractivity contribution < 1.29 is 4.84 Å². The molecule has 1 aliphatic carbocycles. The molecule has 1 aliphatic rings. The lowest BCUT2D eigenvalue weighted by Crippen LogP contribution is -2.05. The van der Waals surface area contributed by atoms with Gasteiger partial charge in [-0.05, 0) is 48.9 Å². The molecular weight excluding hydrogens is 275 g/mol. The Hall–Kier alpha value is -0.940. The largest absolute Gasteiger partial charge is 0.351 e. The normalized spacial score (nSPS) is 16.9. The molecule has 7 heteroatoms. The summed E-state index contributed by atoms with van der Waals surface area (Å²) in [6, 6.07) is 0.0366. The zero-order valence-electron chi connectivity index (χ0n) is 9.90. The minimum absolute atomic E-state index is 0.00265. The first kappa shape index (κ1) is 13.5. The lowest BCUT2D eigenvalue weighted by molar-refractivity contribution is 0.308. The fourth-order valence-corrected chi connectivity index (χ4v) is 2.21. The Morgan fingerprint density at radius 3 is 2.00 bits per heavy atom. The van der Waals surface area contributed by atoms with Gasteiger partial charge in [-0.3, -0.25) is 0 Å². The van der Waals surface area contributed by atoms with Crippen molar-refractivity contribution in [3.8, 4) is 6.01 Å². The number of nitrogens with zero attached hydrogens (tertiary/aromatic N) is 4. The van der Waals surface area contributed by atoms with Gasteiger partial charge in [0.05, 0.1) is 5.71 Å². The van der Waals surface area contributed by atoms with Gasteiger partial charge in [-0.2, -0.15) is 15.0 Å². The van der Waals surface area contributed by atoms with Crippen LogP contribution in [0, 0.1) is 0 Å². The molecule has 0 unspecified atom stereocenters. The summed E-state index contributed by atoms with van der Waals surface area (Å²) in [5, 5.41) is 4.09. The van der Waals surface area contributed by atoms with E-state index in [4.69, 9.17) is 28.0 Å². The molecule has 1 heterocycles. The van der Waals surface area contributed by atoms with E-state index in [1.807, 2.05) is 0 Å². The fraction of sp³-hybridized carbons (Fsp3) is 0.636. The van der Waals surface area contributed by atoms with E-state index in [1.165, 1.54) is 19.3 Å². The zero-order chi connectivity index (χ0) is 12.8. The van der Waals surface area contributed by atoms with Gasteiger partial charge in [0.25, 0.3) is 0 Å². The van der Waals surface area contributed by atoms with Crippen molar-refractivity contribution in [3.63, 3.8) is 0 Å². The van der Waals surface area contributed by atoms with Crippen LogP contribution in [0.5, 0.6) is 6.01 Å². The summed E-state index contributed by atoms with van der Waals surface area (Å²) in [6.07, 6.45) is 8.05. The van der Waals surface area contributed by atoms with Crippen molar-refractivity contribution in [1.82, 2.24) is 15.0 Å². The van der Waals surface area contributed by atoms with Crippen molar-refractivity contribution in [2.45, 2.75) is 44.9 Å². The van der Waals surface area contributed by atoms with Crippen LogP contribution >= 0.6 is 23.2 Å². The van der Waals surface area contributed by atoms with Gasteiger partial charge in [0.1, 0.15) is 0 Å². The SMILES string of the molecule is Clc1nc(Cl)nc(ON=C2CCCCCCC2)n1. The van der Waals surface area contributed by atoms with Gasteiger partial charge in [-0.25, -0.2) is 0 Å². The summed E-state index contributed by atoms with van der Waals surface area (Å²) in [4.78, 5) is 16.4. The molecule has 98 valence electrons. The molecule has 0 bridgehead atoms. The second-order valence-corrected chi connectivity index (χ2v) is 4.85. The van der Waals surface area contributed by atoms with E-state index in [0.717, 1.165) is 31.4 Å². The first-order valence-corrected chi connectivity index (χ1v) is 6.79. The molecule has 1 aromatic rings. The van der Waals surface area contributed by atoms with Gasteiger partial charge in [-0.1, -0.05) is 24.4 Å². The second kappa shape index (κ2) is 6.85. The summed E-state index contributed by atoms with van der Waals surface area (Å²) in [5.74, 6) is 0. The van der Waals surface area contributed by atoms with E-state index in [2.05, 4.69) is 20.1 Å². The van der Waals surface area contributed by atoms with Crippen molar-refractivity contribution >= 4 is 28.9 Å². The third kappa shape index (κ3) is 4.38. The monoisotopic (exact) mass is 288 g/mol. The number of halogens is 2. The fourth-order valence-electron chi connectivity index (χ4n) is 1.86. The van der Waals surface area contributed by atoms with E-state index in [0.29, 0.717) is 0 Å². The van der Waals surface area contributed by atoms with Crippen molar-refractivity contribution in [2.24, 2.45) is 5.16 Å². The molecule has 0 aliphatic heterocycles. The molecule has 1 fully saturated rings. The molecule has 0 aromatic carbocycles. The number of hydrogen-bond donors (Lipinski definition) is 0. The second-order valence-electron chi connectivity index (χ2n) is 4.17. The smallest absolute Gasteiger partial charge is 0.315 e. The molecule has 0 atom stereocenters. The number of rotatable bonds is 2. The maximum Gasteiger partial charge on any atom is 0.351 e. The highest BCUT2D eigenvalue weighted by molar-refractivity contribution is 6.31. The third-order valence-electron chi connectivity index (χ3n) is 2.75. The lowest BCUT2D eigenvalue weighted by Gasteiger charge is -2.09. The third-order valence-corrected chi connectivity index (χ3v) is 3.09. The molecule has 18 heavy (non-hydrogen) atoms. The predicted octanol–water partition coefficient (Wildman–Crippen LogP) is 3.66. The Kier molecular flexibility index (Phi) is 5.13. The van der Waals surface area contributed by atoms with Gasteiger partial charge in [0, 0.05) is 0 Å². The van der Waals surface area contributed by atoms with Crippen molar-refractivity contribution in [3.05, 3.63) is 10.6 Å². The summed E-state index contributed by atoms with van der Waals surface area (Å²) >= 11 is 11.3. The van der Waals surface area contributed by atoms with E-state index in [-0.39, 0.29) is 16.6 Å². The summed E-state index contributed by atoms with van der Waals surface area (Å²) in [5.41, 5.74) is 1.04. The van der Waals surface area contributed by atoms with Crippen molar-refractivity contribution in [2.75, 3.05) is 0 Å². The number of oxime groups is 1. The molecule has 0 spiro atoms. The highest BCUT2D eigenvalue weighted by Crippen LogP contribution is 2.16. The molecule has 1 aromatic heterocycles. The van der Waals surface area contributed by atoms with E-state index in [9.17, 15) is 0 Å². The minimum Gasteiger partial charge on any atom is -0.315 e. The Morgan fingerprint density at radius 1 is 0.833 bits per heavy atom. The van der Waals surface area contributed by atoms with E-state index < -0.39 is 0 Å². The van der Waals surface area contributed by atoms with Crippen LogP contribution in [0.4, 0.5) is 0 Å². The molecule has 2 rings (SSSR count). The summed E-state index contributed by atoms with van der Waals surface area (Å²) in [6.45, 7) is 0. The maximum absolute atomic E-state index is 5.64. The predicted molar refractivity (Wildman–Crippen MR) is 70.2 cm³/mol. The van der Waals surface area contributed by atoms with Crippen LogP contribution in [-0.4, -0.2) is 20.7 Å². The minimum atomic E-state index is 0.00265.